The lowest BCUT2D eigenvalue weighted by molar-refractivity contribution is -0.145. The van der Waals surface area contributed by atoms with Crippen LogP contribution in [0.4, 0.5) is 0 Å². The molecule has 1 saturated heterocycles. The summed E-state index contributed by atoms with van der Waals surface area (Å²) in [5.74, 6) is 0.816. The average molecular weight is 227 g/mol. The van der Waals surface area contributed by atoms with Crippen molar-refractivity contribution in [2.24, 2.45) is 5.92 Å². The molecule has 1 aliphatic heterocycles. The minimum atomic E-state index is -0.0524. The maximum absolute atomic E-state index is 11.5. The van der Waals surface area contributed by atoms with Crippen LogP contribution in [0.5, 0.6) is 0 Å². The van der Waals surface area contributed by atoms with Crippen molar-refractivity contribution >= 4 is 5.97 Å². The number of esters is 1. The molecule has 0 saturated carbocycles. The number of rotatable bonds is 6. The maximum atomic E-state index is 11.5. The number of carbonyl (C=O) groups is 1. The first-order valence-electron chi connectivity index (χ1n) is 6.64. The molecule has 3 nitrogen and oxygen atoms in total. The summed E-state index contributed by atoms with van der Waals surface area (Å²) in [5.41, 5.74) is 0. The predicted molar refractivity (Wildman–Crippen MR) is 65.3 cm³/mol. The molecule has 0 aromatic heterocycles. The summed E-state index contributed by atoms with van der Waals surface area (Å²) in [4.78, 5) is 13.7. The summed E-state index contributed by atoms with van der Waals surface area (Å²) in [6, 6.07) is 0. The number of unbranched alkanes of at least 4 members (excludes halogenated alkanes) is 1. The van der Waals surface area contributed by atoms with E-state index < -0.39 is 0 Å². The van der Waals surface area contributed by atoms with Gasteiger partial charge in [0.15, 0.2) is 0 Å². The van der Waals surface area contributed by atoms with Gasteiger partial charge >= 0.3 is 5.97 Å². The number of nitrogens with zero attached hydrogens (tertiary/aromatic N) is 1. The van der Waals surface area contributed by atoms with Crippen LogP contribution in [-0.2, 0) is 9.53 Å². The topological polar surface area (TPSA) is 29.5 Å². The molecule has 1 fully saturated rings. The molecular formula is C13H25NO2. The highest BCUT2D eigenvalue weighted by Gasteiger charge is 2.19. The highest BCUT2D eigenvalue weighted by Crippen LogP contribution is 2.19. The smallest absolute Gasteiger partial charge is 0.320 e. The molecule has 1 rings (SSSR count). The summed E-state index contributed by atoms with van der Waals surface area (Å²) in [7, 11) is 0. The van der Waals surface area contributed by atoms with E-state index in [-0.39, 0.29) is 5.97 Å². The van der Waals surface area contributed by atoms with Crippen molar-refractivity contribution in [3.63, 3.8) is 0 Å². The highest BCUT2D eigenvalue weighted by molar-refractivity contribution is 5.71. The van der Waals surface area contributed by atoms with Gasteiger partial charge in [0.25, 0.3) is 0 Å². The zero-order valence-electron chi connectivity index (χ0n) is 10.7. The first kappa shape index (κ1) is 13.5. The van der Waals surface area contributed by atoms with Gasteiger partial charge in [-0.15, -0.1) is 0 Å². The van der Waals surface area contributed by atoms with Gasteiger partial charge in [0.05, 0.1) is 13.2 Å². The number of ether oxygens (including phenoxy) is 1. The van der Waals surface area contributed by atoms with Crippen LogP contribution in [0.1, 0.15) is 46.0 Å². The van der Waals surface area contributed by atoms with Crippen LogP contribution in [0.25, 0.3) is 0 Å². The van der Waals surface area contributed by atoms with Crippen LogP contribution < -0.4 is 0 Å². The lowest BCUT2D eigenvalue weighted by Crippen LogP contribution is -2.37. The first-order chi connectivity index (χ1) is 7.76. The summed E-state index contributed by atoms with van der Waals surface area (Å²) < 4.78 is 5.16. The average Bonchev–Trinajstić information content (AvgIpc) is 2.30. The summed E-state index contributed by atoms with van der Waals surface area (Å²) in [6.45, 7) is 7.53. The van der Waals surface area contributed by atoms with Gasteiger partial charge in [-0.05, 0) is 38.3 Å². The molecule has 0 unspecified atom stereocenters. The normalized spacial score (nSPS) is 18.6. The minimum absolute atomic E-state index is 0.0524. The Labute approximate surface area is 99.1 Å². The molecule has 0 spiro atoms. The van der Waals surface area contributed by atoms with Crippen molar-refractivity contribution in [3.05, 3.63) is 0 Å². The standard InChI is InChI=1S/C13H25NO2/c1-3-5-10-16-13(15)11-14-8-6-12(4-2)7-9-14/h12H,3-11H2,1-2H3. The van der Waals surface area contributed by atoms with Gasteiger partial charge < -0.3 is 4.74 Å². The molecule has 0 aromatic carbocycles. The van der Waals surface area contributed by atoms with Crippen LogP contribution in [-0.4, -0.2) is 37.1 Å². The van der Waals surface area contributed by atoms with Crippen molar-refractivity contribution in [3.8, 4) is 0 Å². The van der Waals surface area contributed by atoms with Crippen molar-refractivity contribution in [2.75, 3.05) is 26.2 Å². The lowest BCUT2D eigenvalue weighted by atomic mass is 9.94. The van der Waals surface area contributed by atoms with E-state index in [1.807, 2.05) is 0 Å². The third kappa shape index (κ3) is 4.97. The summed E-state index contributed by atoms with van der Waals surface area (Å²) in [6.07, 6.45) is 5.80. The first-order valence-corrected chi connectivity index (χ1v) is 6.64. The van der Waals surface area contributed by atoms with Gasteiger partial charge in [-0.1, -0.05) is 26.7 Å². The van der Waals surface area contributed by atoms with Gasteiger partial charge in [0.1, 0.15) is 0 Å². The Morgan fingerprint density at radius 1 is 1.31 bits per heavy atom. The SMILES string of the molecule is CCCCOC(=O)CN1CCC(CC)CC1. The number of carbonyl (C=O) groups excluding carboxylic acids is 1. The Balaban J connectivity index is 2.10. The molecule has 0 amide bonds. The van der Waals surface area contributed by atoms with E-state index in [0.717, 1.165) is 31.8 Å². The van der Waals surface area contributed by atoms with Crippen molar-refractivity contribution in [2.45, 2.75) is 46.0 Å². The fraction of sp³-hybridized carbons (Fsp3) is 0.923. The second-order valence-electron chi connectivity index (χ2n) is 4.70. The quantitative estimate of drug-likeness (QED) is 0.515. The Kier molecular flexibility index (Phi) is 6.46. The monoisotopic (exact) mass is 227 g/mol. The molecular weight excluding hydrogens is 202 g/mol. The zero-order chi connectivity index (χ0) is 11.8. The molecule has 0 aromatic rings. The van der Waals surface area contributed by atoms with E-state index in [4.69, 9.17) is 4.74 Å². The number of likely N-dealkylation sites (tertiary alicyclic amines) is 1. The van der Waals surface area contributed by atoms with E-state index >= 15 is 0 Å². The van der Waals surface area contributed by atoms with Gasteiger partial charge in [-0.25, -0.2) is 0 Å². The van der Waals surface area contributed by atoms with Crippen molar-refractivity contribution < 1.29 is 9.53 Å². The second kappa shape index (κ2) is 7.66. The Morgan fingerprint density at radius 2 is 2.00 bits per heavy atom. The van der Waals surface area contributed by atoms with Crippen molar-refractivity contribution in [1.82, 2.24) is 4.90 Å². The van der Waals surface area contributed by atoms with E-state index in [1.54, 1.807) is 0 Å². The minimum Gasteiger partial charge on any atom is -0.465 e. The van der Waals surface area contributed by atoms with Gasteiger partial charge in [-0.2, -0.15) is 0 Å². The molecule has 16 heavy (non-hydrogen) atoms. The molecule has 94 valence electrons. The van der Waals surface area contributed by atoms with Gasteiger partial charge in [0.2, 0.25) is 0 Å². The fourth-order valence-corrected chi connectivity index (χ4v) is 2.11. The maximum Gasteiger partial charge on any atom is 0.320 e. The van der Waals surface area contributed by atoms with E-state index in [9.17, 15) is 4.79 Å². The molecule has 0 atom stereocenters. The Bertz CT molecular complexity index is 198. The molecule has 0 aliphatic carbocycles. The van der Waals surface area contributed by atoms with Crippen LogP contribution in [0, 0.1) is 5.92 Å². The summed E-state index contributed by atoms with van der Waals surface area (Å²) in [5, 5.41) is 0. The van der Waals surface area contributed by atoms with E-state index in [1.165, 1.54) is 19.3 Å². The van der Waals surface area contributed by atoms with Gasteiger partial charge in [0, 0.05) is 0 Å². The molecule has 0 bridgehead atoms. The molecule has 3 heteroatoms. The van der Waals surface area contributed by atoms with Crippen LogP contribution in [0.15, 0.2) is 0 Å². The molecule has 0 N–H and O–H groups in total. The number of hydrogen-bond donors (Lipinski definition) is 0. The van der Waals surface area contributed by atoms with Crippen LogP contribution in [0.2, 0.25) is 0 Å². The largest absolute Gasteiger partial charge is 0.465 e. The highest BCUT2D eigenvalue weighted by atomic mass is 16.5. The van der Waals surface area contributed by atoms with Gasteiger partial charge in [-0.3, -0.25) is 9.69 Å². The molecule has 0 radical (unpaired) electrons. The zero-order valence-corrected chi connectivity index (χ0v) is 10.7. The van der Waals surface area contributed by atoms with E-state index in [0.29, 0.717) is 13.2 Å². The molecule has 1 heterocycles. The van der Waals surface area contributed by atoms with E-state index in [2.05, 4.69) is 18.7 Å². The van der Waals surface area contributed by atoms with Crippen molar-refractivity contribution in [1.29, 1.82) is 0 Å². The summed E-state index contributed by atoms with van der Waals surface area (Å²) >= 11 is 0. The predicted octanol–water partition coefficient (Wildman–Crippen LogP) is 2.45. The van der Waals surface area contributed by atoms with Crippen LogP contribution >= 0.6 is 0 Å². The molecule has 1 aliphatic rings. The second-order valence-corrected chi connectivity index (χ2v) is 4.70. The Morgan fingerprint density at radius 3 is 2.56 bits per heavy atom. The lowest BCUT2D eigenvalue weighted by Gasteiger charge is -2.30. The van der Waals surface area contributed by atoms with Crippen LogP contribution in [0.3, 0.4) is 0 Å². The third-order valence-corrected chi connectivity index (χ3v) is 3.40. The third-order valence-electron chi connectivity index (χ3n) is 3.40. The Hall–Kier alpha value is -0.570. The number of hydrogen-bond acceptors (Lipinski definition) is 3. The fourth-order valence-electron chi connectivity index (χ4n) is 2.11. The number of piperidine rings is 1.